The maximum atomic E-state index is 11.5. The van der Waals surface area contributed by atoms with E-state index in [0.29, 0.717) is 6.54 Å². The first-order valence-corrected chi connectivity index (χ1v) is 6.07. The molecule has 0 aliphatic heterocycles. The van der Waals surface area contributed by atoms with Gasteiger partial charge >= 0.3 is 0 Å². The number of pyridine rings is 2. The lowest BCUT2D eigenvalue weighted by atomic mass is 10.2. The number of hydrogen-bond acceptors (Lipinski definition) is 3. The molecule has 0 aromatic carbocycles. The summed E-state index contributed by atoms with van der Waals surface area (Å²) in [6, 6.07) is 11.2. The summed E-state index contributed by atoms with van der Waals surface area (Å²) in [4.78, 5) is 15.8. The summed E-state index contributed by atoms with van der Waals surface area (Å²) in [5.41, 5.74) is 1.04. The van der Waals surface area contributed by atoms with E-state index >= 15 is 0 Å². The van der Waals surface area contributed by atoms with Crippen LogP contribution in [0.15, 0.2) is 53.6 Å². The maximum absolute atomic E-state index is 11.5. The smallest absolute Gasteiger partial charge is 0.250 e. The van der Waals surface area contributed by atoms with Crippen molar-refractivity contribution in [3.05, 3.63) is 64.8 Å². The highest BCUT2D eigenvalue weighted by Crippen LogP contribution is 2.06. The highest BCUT2D eigenvalue weighted by molar-refractivity contribution is 5.07. The van der Waals surface area contributed by atoms with E-state index in [1.807, 2.05) is 24.3 Å². The van der Waals surface area contributed by atoms with Crippen molar-refractivity contribution in [1.82, 2.24) is 14.9 Å². The summed E-state index contributed by atoms with van der Waals surface area (Å²) in [5, 5.41) is 3.35. The second-order valence-corrected chi connectivity index (χ2v) is 4.16. The Labute approximate surface area is 106 Å². The summed E-state index contributed by atoms with van der Waals surface area (Å²) in [7, 11) is 0. The molecule has 2 aromatic rings. The molecule has 0 aliphatic carbocycles. The number of aromatic nitrogens is 2. The number of hydrogen-bond donors (Lipinski definition) is 1. The Morgan fingerprint density at radius 1 is 1.28 bits per heavy atom. The predicted octanol–water partition coefficient (Wildman–Crippen LogP) is 1.59. The molecule has 0 bridgehead atoms. The second kappa shape index (κ2) is 6.12. The Kier molecular flexibility index (Phi) is 4.25. The molecule has 0 saturated heterocycles. The van der Waals surface area contributed by atoms with Crippen molar-refractivity contribution in [2.45, 2.75) is 19.5 Å². The standard InChI is InChI=1S/C14H17N3O/c1-12(13-6-2-4-8-16-13)15-9-11-17-10-5-3-7-14(17)18/h2-8,10,12,15H,9,11H2,1H3/t12-/m1/s1. The van der Waals surface area contributed by atoms with E-state index in [0.717, 1.165) is 12.2 Å². The molecule has 2 heterocycles. The molecule has 0 aliphatic rings. The maximum Gasteiger partial charge on any atom is 0.250 e. The summed E-state index contributed by atoms with van der Waals surface area (Å²) >= 11 is 0. The van der Waals surface area contributed by atoms with Gasteiger partial charge in [0.2, 0.25) is 0 Å². The van der Waals surface area contributed by atoms with E-state index < -0.39 is 0 Å². The van der Waals surface area contributed by atoms with Crippen LogP contribution in [0, 0.1) is 0 Å². The Morgan fingerprint density at radius 3 is 2.83 bits per heavy atom. The Balaban J connectivity index is 1.86. The van der Waals surface area contributed by atoms with Crippen molar-refractivity contribution in [2.75, 3.05) is 6.54 Å². The SMILES string of the molecule is C[C@@H](NCCn1ccccc1=O)c1ccccn1. The fourth-order valence-corrected chi connectivity index (χ4v) is 1.78. The summed E-state index contributed by atoms with van der Waals surface area (Å²) in [5.74, 6) is 0. The van der Waals surface area contributed by atoms with E-state index in [1.165, 1.54) is 0 Å². The van der Waals surface area contributed by atoms with Gasteiger partial charge < -0.3 is 9.88 Å². The van der Waals surface area contributed by atoms with Crippen LogP contribution in [0.1, 0.15) is 18.7 Å². The Hall–Kier alpha value is -1.94. The third-order valence-corrected chi connectivity index (χ3v) is 2.83. The summed E-state index contributed by atoms with van der Waals surface area (Å²) in [6.07, 6.45) is 3.59. The van der Waals surface area contributed by atoms with Crippen LogP contribution in [0.25, 0.3) is 0 Å². The predicted molar refractivity (Wildman–Crippen MR) is 71.4 cm³/mol. The first-order chi connectivity index (χ1) is 8.77. The van der Waals surface area contributed by atoms with Gasteiger partial charge in [-0.2, -0.15) is 0 Å². The topological polar surface area (TPSA) is 46.9 Å². The molecule has 1 N–H and O–H groups in total. The monoisotopic (exact) mass is 243 g/mol. The van der Waals surface area contributed by atoms with Gasteiger partial charge in [0.1, 0.15) is 0 Å². The third kappa shape index (κ3) is 3.28. The molecule has 0 saturated carbocycles. The highest BCUT2D eigenvalue weighted by Gasteiger charge is 2.04. The largest absolute Gasteiger partial charge is 0.314 e. The minimum Gasteiger partial charge on any atom is -0.314 e. The molecule has 4 heteroatoms. The molecular formula is C14H17N3O. The number of rotatable bonds is 5. The van der Waals surface area contributed by atoms with Crippen LogP contribution in [-0.4, -0.2) is 16.1 Å². The van der Waals surface area contributed by atoms with Gasteiger partial charge in [0.05, 0.1) is 5.69 Å². The molecule has 2 aromatic heterocycles. The molecule has 1 atom stereocenters. The fraction of sp³-hybridized carbons (Fsp3) is 0.286. The van der Waals surface area contributed by atoms with Crippen LogP contribution < -0.4 is 10.9 Å². The normalized spacial score (nSPS) is 12.3. The van der Waals surface area contributed by atoms with Crippen molar-refractivity contribution in [1.29, 1.82) is 0 Å². The van der Waals surface area contributed by atoms with Gasteiger partial charge in [-0.25, -0.2) is 0 Å². The minimum atomic E-state index is 0.0322. The zero-order valence-corrected chi connectivity index (χ0v) is 10.4. The van der Waals surface area contributed by atoms with Crippen molar-refractivity contribution in [2.24, 2.45) is 0 Å². The van der Waals surface area contributed by atoms with E-state index in [-0.39, 0.29) is 11.6 Å². The lowest BCUT2D eigenvalue weighted by molar-refractivity contribution is 0.517. The van der Waals surface area contributed by atoms with Crippen LogP contribution in [0.5, 0.6) is 0 Å². The van der Waals surface area contributed by atoms with Gasteiger partial charge in [-0.1, -0.05) is 12.1 Å². The molecule has 0 radical (unpaired) electrons. The lowest BCUT2D eigenvalue weighted by Crippen LogP contribution is -2.28. The van der Waals surface area contributed by atoms with Crippen molar-refractivity contribution in [3.63, 3.8) is 0 Å². The number of nitrogens with one attached hydrogen (secondary N) is 1. The van der Waals surface area contributed by atoms with Gasteiger partial charge in [0.15, 0.2) is 0 Å². The van der Waals surface area contributed by atoms with E-state index in [1.54, 1.807) is 29.1 Å². The van der Waals surface area contributed by atoms with Crippen LogP contribution in [-0.2, 0) is 6.54 Å². The van der Waals surface area contributed by atoms with Crippen molar-refractivity contribution < 1.29 is 0 Å². The zero-order chi connectivity index (χ0) is 12.8. The molecule has 94 valence electrons. The molecule has 2 rings (SSSR count). The Bertz CT molecular complexity index is 536. The van der Waals surface area contributed by atoms with Gasteiger partial charge in [-0.3, -0.25) is 9.78 Å². The number of nitrogens with zero attached hydrogens (tertiary/aromatic N) is 2. The average Bonchev–Trinajstić information content (AvgIpc) is 2.42. The molecular weight excluding hydrogens is 226 g/mol. The van der Waals surface area contributed by atoms with E-state index in [2.05, 4.69) is 17.2 Å². The summed E-state index contributed by atoms with van der Waals surface area (Å²) in [6.45, 7) is 3.47. The van der Waals surface area contributed by atoms with Crippen LogP contribution >= 0.6 is 0 Å². The van der Waals surface area contributed by atoms with Crippen LogP contribution in [0.2, 0.25) is 0 Å². The fourth-order valence-electron chi connectivity index (χ4n) is 1.78. The summed E-state index contributed by atoms with van der Waals surface area (Å²) < 4.78 is 1.69. The molecule has 0 unspecified atom stereocenters. The first kappa shape index (κ1) is 12.5. The molecule has 18 heavy (non-hydrogen) atoms. The van der Waals surface area contributed by atoms with Gasteiger partial charge in [0, 0.05) is 37.6 Å². The van der Waals surface area contributed by atoms with E-state index in [9.17, 15) is 4.79 Å². The third-order valence-electron chi connectivity index (χ3n) is 2.83. The molecule has 4 nitrogen and oxygen atoms in total. The highest BCUT2D eigenvalue weighted by atomic mass is 16.1. The van der Waals surface area contributed by atoms with Gasteiger partial charge in [-0.15, -0.1) is 0 Å². The van der Waals surface area contributed by atoms with Crippen molar-refractivity contribution in [3.8, 4) is 0 Å². The van der Waals surface area contributed by atoms with Gasteiger partial charge in [-0.05, 0) is 25.1 Å². The average molecular weight is 243 g/mol. The quantitative estimate of drug-likeness (QED) is 0.867. The lowest BCUT2D eigenvalue weighted by Gasteiger charge is -2.13. The van der Waals surface area contributed by atoms with Crippen LogP contribution in [0.4, 0.5) is 0 Å². The molecule has 0 spiro atoms. The molecule has 0 fully saturated rings. The molecule has 0 amide bonds. The minimum absolute atomic E-state index is 0.0322. The Morgan fingerprint density at radius 2 is 2.11 bits per heavy atom. The van der Waals surface area contributed by atoms with Crippen LogP contribution in [0.3, 0.4) is 0 Å². The van der Waals surface area contributed by atoms with Crippen molar-refractivity contribution >= 4 is 0 Å². The van der Waals surface area contributed by atoms with E-state index in [4.69, 9.17) is 0 Å². The first-order valence-electron chi connectivity index (χ1n) is 6.07. The van der Waals surface area contributed by atoms with Gasteiger partial charge in [0.25, 0.3) is 5.56 Å². The zero-order valence-electron chi connectivity index (χ0n) is 10.4. The second-order valence-electron chi connectivity index (χ2n) is 4.16.